The molecule has 0 atom stereocenters. The molecule has 0 aliphatic carbocycles. The number of nitrogens with zero attached hydrogens (tertiary/aromatic N) is 1. The number of aryl methyl sites for hydroxylation is 1. The summed E-state index contributed by atoms with van der Waals surface area (Å²) in [5.74, 6) is -1.21. The monoisotopic (exact) mass is 420 g/mol. The highest BCUT2D eigenvalue weighted by Crippen LogP contribution is 2.22. The molecule has 0 aromatic heterocycles. The highest BCUT2D eigenvalue weighted by molar-refractivity contribution is 7.89. The van der Waals surface area contributed by atoms with Crippen molar-refractivity contribution in [2.24, 2.45) is 0 Å². The summed E-state index contributed by atoms with van der Waals surface area (Å²) in [6.07, 6.45) is 0. The van der Waals surface area contributed by atoms with E-state index in [9.17, 15) is 18.0 Å². The minimum atomic E-state index is -3.65. The summed E-state index contributed by atoms with van der Waals surface area (Å²) >= 11 is 0. The summed E-state index contributed by atoms with van der Waals surface area (Å²) in [5.41, 5.74) is 2.07. The van der Waals surface area contributed by atoms with Crippen LogP contribution in [0.15, 0.2) is 47.4 Å². The molecule has 2 aromatic rings. The van der Waals surface area contributed by atoms with Crippen molar-refractivity contribution in [1.82, 2.24) is 4.31 Å². The number of esters is 1. The second kappa shape index (κ2) is 9.64. The molecular formula is C20H24N2O6S. The maximum atomic E-state index is 12.4. The van der Waals surface area contributed by atoms with E-state index in [-0.39, 0.29) is 4.90 Å². The fraction of sp³-hybridized carbons (Fsp3) is 0.300. The van der Waals surface area contributed by atoms with Crippen molar-refractivity contribution in [1.29, 1.82) is 0 Å². The number of anilines is 1. The molecule has 9 heteroatoms. The smallest absolute Gasteiger partial charge is 0.338 e. The molecule has 0 spiro atoms. The first-order valence-electron chi connectivity index (χ1n) is 8.73. The lowest BCUT2D eigenvalue weighted by atomic mass is 10.1. The average Bonchev–Trinajstić information content (AvgIpc) is 2.68. The van der Waals surface area contributed by atoms with Gasteiger partial charge in [0.05, 0.1) is 17.1 Å². The van der Waals surface area contributed by atoms with Crippen LogP contribution in [0.25, 0.3) is 0 Å². The quantitative estimate of drug-likeness (QED) is 0.657. The van der Waals surface area contributed by atoms with Crippen LogP contribution in [0, 0.1) is 6.92 Å². The van der Waals surface area contributed by atoms with Gasteiger partial charge in [-0.15, -0.1) is 0 Å². The predicted octanol–water partition coefficient (Wildman–Crippen LogP) is 2.19. The lowest BCUT2D eigenvalue weighted by Gasteiger charge is -2.15. The number of methoxy groups -OCH3 is 1. The third-order valence-electron chi connectivity index (χ3n) is 4.07. The van der Waals surface area contributed by atoms with Crippen molar-refractivity contribution >= 4 is 27.6 Å². The SMILES string of the molecule is COCc1ccc(C(=O)OCC(=O)Nc2ccc(C)c(S(=O)(=O)N(C)C)c2)cc1. The van der Waals surface area contributed by atoms with Crippen molar-refractivity contribution in [2.75, 3.05) is 33.1 Å². The molecule has 0 aliphatic rings. The molecule has 0 heterocycles. The number of hydrogen-bond acceptors (Lipinski definition) is 6. The van der Waals surface area contributed by atoms with Gasteiger partial charge in [0.2, 0.25) is 10.0 Å². The number of hydrogen-bond donors (Lipinski definition) is 1. The standard InChI is InChI=1S/C20H24N2O6S/c1-14-5-10-17(11-18(14)29(25,26)22(2)3)21-19(23)13-28-20(24)16-8-6-15(7-9-16)12-27-4/h5-11H,12-13H2,1-4H3,(H,21,23). The van der Waals surface area contributed by atoms with E-state index in [1.54, 1.807) is 50.4 Å². The van der Waals surface area contributed by atoms with E-state index in [0.717, 1.165) is 9.87 Å². The second-order valence-electron chi connectivity index (χ2n) is 6.52. The number of benzene rings is 2. The van der Waals surface area contributed by atoms with E-state index in [1.165, 1.54) is 20.2 Å². The molecule has 1 N–H and O–H groups in total. The van der Waals surface area contributed by atoms with Gasteiger partial charge in [0.25, 0.3) is 5.91 Å². The van der Waals surface area contributed by atoms with E-state index in [1.807, 2.05) is 0 Å². The van der Waals surface area contributed by atoms with Crippen LogP contribution >= 0.6 is 0 Å². The summed E-state index contributed by atoms with van der Waals surface area (Å²) < 4.78 is 35.8. The van der Waals surface area contributed by atoms with Crippen LogP contribution < -0.4 is 5.32 Å². The molecule has 2 rings (SSSR count). The molecule has 0 unspecified atom stereocenters. The van der Waals surface area contributed by atoms with Gasteiger partial charge in [0.15, 0.2) is 6.61 Å². The van der Waals surface area contributed by atoms with Gasteiger partial charge in [-0.2, -0.15) is 0 Å². The van der Waals surface area contributed by atoms with Gasteiger partial charge in [0.1, 0.15) is 0 Å². The van der Waals surface area contributed by atoms with E-state index < -0.39 is 28.5 Å². The first-order chi connectivity index (χ1) is 13.6. The maximum Gasteiger partial charge on any atom is 0.338 e. The third-order valence-corrected chi connectivity index (χ3v) is 6.02. The molecule has 0 fully saturated rings. The Balaban J connectivity index is 2.00. The number of sulfonamides is 1. The highest BCUT2D eigenvalue weighted by atomic mass is 32.2. The molecule has 0 radical (unpaired) electrons. The molecule has 156 valence electrons. The molecule has 0 bridgehead atoms. The van der Waals surface area contributed by atoms with Gasteiger partial charge < -0.3 is 14.8 Å². The zero-order valence-electron chi connectivity index (χ0n) is 16.8. The Bertz CT molecular complexity index is 985. The predicted molar refractivity (Wildman–Crippen MR) is 108 cm³/mol. The number of amides is 1. The zero-order valence-corrected chi connectivity index (χ0v) is 17.6. The van der Waals surface area contributed by atoms with Crippen molar-refractivity contribution in [3.05, 3.63) is 59.2 Å². The van der Waals surface area contributed by atoms with E-state index in [4.69, 9.17) is 9.47 Å². The molecule has 29 heavy (non-hydrogen) atoms. The second-order valence-corrected chi connectivity index (χ2v) is 8.64. The Labute approximate surface area is 170 Å². The number of rotatable bonds is 8. The lowest BCUT2D eigenvalue weighted by molar-refractivity contribution is -0.119. The van der Waals surface area contributed by atoms with Crippen LogP contribution in [0.1, 0.15) is 21.5 Å². The lowest BCUT2D eigenvalue weighted by Crippen LogP contribution is -2.24. The molecule has 0 saturated carbocycles. The number of ether oxygens (including phenoxy) is 2. The summed E-state index contributed by atoms with van der Waals surface area (Å²) in [6.45, 7) is 1.60. The topological polar surface area (TPSA) is 102 Å². The van der Waals surface area contributed by atoms with Gasteiger partial charge >= 0.3 is 5.97 Å². The van der Waals surface area contributed by atoms with Crippen LogP contribution in [0.4, 0.5) is 5.69 Å². The minimum absolute atomic E-state index is 0.0912. The molecule has 2 aromatic carbocycles. The van der Waals surface area contributed by atoms with Gasteiger partial charge in [0, 0.05) is 26.9 Å². The van der Waals surface area contributed by atoms with Crippen molar-refractivity contribution in [2.45, 2.75) is 18.4 Å². The summed E-state index contributed by atoms with van der Waals surface area (Å²) in [4.78, 5) is 24.3. The summed E-state index contributed by atoms with van der Waals surface area (Å²) in [7, 11) is 0.793. The van der Waals surface area contributed by atoms with Crippen molar-refractivity contribution in [3.63, 3.8) is 0 Å². The summed E-state index contributed by atoms with van der Waals surface area (Å²) in [6, 6.07) is 11.2. The van der Waals surface area contributed by atoms with Crippen LogP contribution in [-0.2, 0) is 30.9 Å². The number of carbonyl (C=O) groups is 2. The first kappa shape index (κ1) is 22.5. The Morgan fingerprint density at radius 3 is 2.31 bits per heavy atom. The van der Waals surface area contributed by atoms with E-state index in [2.05, 4.69) is 5.32 Å². The summed E-state index contributed by atoms with van der Waals surface area (Å²) in [5, 5.41) is 2.54. The normalized spacial score (nSPS) is 11.3. The van der Waals surface area contributed by atoms with E-state index >= 15 is 0 Å². The number of carbonyl (C=O) groups excluding carboxylic acids is 2. The average molecular weight is 420 g/mol. The molecule has 0 aliphatic heterocycles. The van der Waals surface area contributed by atoms with Crippen LogP contribution in [0.3, 0.4) is 0 Å². The number of nitrogens with one attached hydrogen (secondary N) is 1. The van der Waals surface area contributed by atoms with Crippen LogP contribution in [-0.4, -0.2) is 52.4 Å². The minimum Gasteiger partial charge on any atom is -0.452 e. The fourth-order valence-corrected chi connectivity index (χ4v) is 3.61. The highest BCUT2D eigenvalue weighted by Gasteiger charge is 2.20. The van der Waals surface area contributed by atoms with Crippen molar-refractivity contribution < 1.29 is 27.5 Å². The molecular weight excluding hydrogens is 396 g/mol. The Morgan fingerprint density at radius 2 is 1.72 bits per heavy atom. The van der Waals surface area contributed by atoms with Crippen molar-refractivity contribution in [3.8, 4) is 0 Å². The molecule has 0 saturated heterocycles. The van der Waals surface area contributed by atoms with E-state index in [0.29, 0.717) is 23.4 Å². The first-order valence-corrected chi connectivity index (χ1v) is 10.2. The van der Waals surface area contributed by atoms with Gasteiger partial charge in [-0.25, -0.2) is 17.5 Å². The van der Waals surface area contributed by atoms with Crippen LogP contribution in [0.2, 0.25) is 0 Å². The maximum absolute atomic E-state index is 12.4. The molecule has 1 amide bonds. The Morgan fingerprint density at radius 1 is 1.07 bits per heavy atom. The van der Waals surface area contributed by atoms with Gasteiger partial charge in [-0.05, 0) is 42.3 Å². The largest absolute Gasteiger partial charge is 0.452 e. The zero-order chi connectivity index (χ0) is 21.6. The third kappa shape index (κ3) is 5.86. The Kier molecular flexibility index (Phi) is 7.49. The fourth-order valence-electron chi connectivity index (χ4n) is 2.47. The van der Waals surface area contributed by atoms with Crippen LogP contribution in [0.5, 0.6) is 0 Å². The van der Waals surface area contributed by atoms with Gasteiger partial charge in [-0.3, -0.25) is 4.79 Å². The van der Waals surface area contributed by atoms with Gasteiger partial charge in [-0.1, -0.05) is 18.2 Å². The Hall–Kier alpha value is -2.75. The molecule has 8 nitrogen and oxygen atoms in total.